The molecule has 184 valence electrons. The Hall–Kier alpha value is -3.44. The average Bonchev–Trinajstić information content (AvgIpc) is 3.31. The summed E-state index contributed by atoms with van der Waals surface area (Å²) >= 11 is 0. The van der Waals surface area contributed by atoms with Crippen LogP contribution in [0.3, 0.4) is 0 Å². The molecule has 2 aliphatic heterocycles. The molecule has 5 heteroatoms. The zero-order chi connectivity index (χ0) is 24.3. The number of piperidine rings is 1. The van der Waals surface area contributed by atoms with Crippen LogP contribution >= 0.6 is 0 Å². The average molecular weight is 478 g/mol. The molecule has 36 heavy (non-hydrogen) atoms. The quantitative estimate of drug-likeness (QED) is 0.336. The van der Waals surface area contributed by atoms with Crippen molar-refractivity contribution in [3.63, 3.8) is 0 Å². The van der Waals surface area contributed by atoms with E-state index in [1.807, 2.05) is 6.92 Å². The van der Waals surface area contributed by atoms with Gasteiger partial charge in [-0.2, -0.15) is 0 Å². The van der Waals surface area contributed by atoms with E-state index in [0.717, 1.165) is 37.7 Å². The van der Waals surface area contributed by atoms with Crippen LogP contribution in [-0.4, -0.2) is 45.8 Å². The monoisotopic (exact) mass is 477 g/mol. The summed E-state index contributed by atoms with van der Waals surface area (Å²) < 4.78 is 2.20. The molecule has 0 amide bonds. The highest BCUT2D eigenvalue weighted by atomic mass is 15.3. The van der Waals surface area contributed by atoms with E-state index < -0.39 is 0 Å². The van der Waals surface area contributed by atoms with Crippen LogP contribution in [0.5, 0.6) is 0 Å². The van der Waals surface area contributed by atoms with Gasteiger partial charge in [0.2, 0.25) is 0 Å². The summed E-state index contributed by atoms with van der Waals surface area (Å²) in [5.74, 6) is 3.18. The van der Waals surface area contributed by atoms with Crippen molar-refractivity contribution in [2.24, 2.45) is 5.92 Å². The number of fused-ring (bicyclic) bond motifs is 3. The first kappa shape index (κ1) is 23.0. The van der Waals surface area contributed by atoms with Crippen LogP contribution in [0.1, 0.15) is 48.0 Å². The Kier molecular flexibility index (Phi) is 6.56. The Bertz CT molecular complexity index is 1240. The van der Waals surface area contributed by atoms with Crippen molar-refractivity contribution in [3.05, 3.63) is 108 Å². The van der Waals surface area contributed by atoms with Crippen LogP contribution in [0, 0.1) is 12.8 Å². The standard InChI is InChI=1S/C31H35N5/c1-24-32-33-30-23-35(28-15-8-9-16-29(28)36(24)30)20-10-19-34-21-17-27(18-22-34)31(25-11-4-2-5-12-25)26-13-6-3-7-14-26/h2-9,11-16,27,31H,10,17-23H2,1H3. The molecule has 4 aromatic rings. The molecule has 3 aromatic carbocycles. The van der Waals surface area contributed by atoms with Crippen LogP contribution in [-0.2, 0) is 6.54 Å². The number of nitrogens with zero attached hydrogens (tertiary/aromatic N) is 5. The van der Waals surface area contributed by atoms with Crippen LogP contribution in [0.15, 0.2) is 84.9 Å². The molecule has 1 saturated heterocycles. The van der Waals surface area contributed by atoms with Crippen LogP contribution in [0.25, 0.3) is 5.69 Å². The SMILES string of the molecule is Cc1nnc2n1-c1ccccc1N(CCCN1CCC(C(c3ccccc3)c3ccccc3)CC1)C2. The number of rotatable bonds is 7. The summed E-state index contributed by atoms with van der Waals surface area (Å²) in [6.07, 6.45) is 3.67. The lowest BCUT2D eigenvalue weighted by Crippen LogP contribution is -2.38. The van der Waals surface area contributed by atoms with Gasteiger partial charge in [0, 0.05) is 12.5 Å². The molecule has 0 bridgehead atoms. The topological polar surface area (TPSA) is 37.2 Å². The van der Waals surface area contributed by atoms with Crippen molar-refractivity contribution in [3.8, 4) is 5.69 Å². The molecule has 0 saturated carbocycles. The highest BCUT2D eigenvalue weighted by molar-refractivity contribution is 5.65. The fraction of sp³-hybridized carbons (Fsp3) is 0.355. The van der Waals surface area contributed by atoms with E-state index in [0.29, 0.717) is 11.8 Å². The van der Waals surface area contributed by atoms with E-state index in [1.54, 1.807) is 0 Å². The fourth-order valence-corrected chi connectivity index (χ4v) is 6.25. The predicted molar refractivity (Wildman–Crippen MR) is 146 cm³/mol. The second-order valence-corrected chi connectivity index (χ2v) is 10.2. The summed E-state index contributed by atoms with van der Waals surface area (Å²) in [4.78, 5) is 5.15. The van der Waals surface area contributed by atoms with Gasteiger partial charge in [0.25, 0.3) is 0 Å². The van der Waals surface area contributed by atoms with E-state index in [-0.39, 0.29) is 0 Å². The van der Waals surface area contributed by atoms with E-state index in [9.17, 15) is 0 Å². The maximum absolute atomic E-state index is 4.44. The number of hydrogen-bond acceptors (Lipinski definition) is 4. The lowest BCUT2D eigenvalue weighted by Gasteiger charge is -2.37. The fourth-order valence-electron chi connectivity index (χ4n) is 6.25. The second-order valence-electron chi connectivity index (χ2n) is 10.2. The lowest BCUT2D eigenvalue weighted by atomic mass is 9.76. The first-order chi connectivity index (χ1) is 17.8. The number of benzene rings is 3. The van der Waals surface area contributed by atoms with Crippen LogP contribution < -0.4 is 4.90 Å². The molecule has 0 spiro atoms. The van der Waals surface area contributed by atoms with Gasteiger partial charge in [-0.15, -0.1) is 10.2 Å². The normalized spacial score (nSPS) is 16.2. The Morgan fingerprint density at radius 3 is 2.03 bits per heavy atom. The van der Waals surface area contributed by atoms with Gasteiger partial charge in [0.05, 0.1) is 17.9 Å². The van der Waals surface area contributed by atoms with E-state index >= 15 is 0 Å². The highest BCUT2D eigenvalue weighted by Crippen LogP contribution is 2.38. The smallest absolute Gasteiger partial charge is 0.157 e. The molecule has 2 aliphatic rings. The Morgan fingerprint density at radius 1 is 0.750 bits per heavy atom. The minimum Gasteiger partial charge on any atom is -0.362 e. The number of hydrogen-bond donors (Lipinski definition) is 0. The predicted octanol–water partition coefficient (Wildman–Crippen LogP) is 5.83. The highest BCUT2D eigenvalue weighted by Gasteiger charge is 2.29. The van der Waals surface area contributed by atoms with E-state index in [2.05, 4.69) is 109 Å². The zero-order valence-electron chi connectivity index (χ0n) is 21.1. The summed E-state index contributed by atoms with van der Waals surface area (Å²) in [6, 6.07) is 30.9. The third-order valence-electron chi connectivity index (χ3n) is 8.01. The molecule has 0 atom stereocenters. The summed E-state index contributed by atoms with van der Waals surface area (Å²) in [6.45, 7) is 7.43. The molecule has 0 N–H and O–H groups in total. The Labute approximate surface area is 214 Å². The minimum absolute atomic E-state index is 0.486. The first-order valence-corrected chi connectivity index (χ1v) is 13.4. The third-order valence-corrected chi connectivity index (χ3v) is 8.01. The van der Waals surface area contributed by atoms with Gasteiger partial charge in [-0.3, -0.25) is 4.57 Å². The molecular formula is C31H35N5. The Morgan fingerprint density at radius 2 is 1.36 bits per heavy atom. The summed E-state index contributed by atoms with van der Waals surface area (Å²) in [7, 11) is 0. The number of para-hydroxylation sites is 2. The van der Waals surface area contributed by atoms with Gasteiger partial charge in [-0.25, -0.2) is 0 Å². The minimum atomic E-state index is 0.486. The maximum Gasteiger partial charge on any atom is 0.157 e. The molecule has 6 rings (SSSR count). The maximum atomic E-state index is 4.44. The molecular weight excluding hydrogens is 442 g/mol. The molecule has 1 aromatic heterocycles. The van der Waals surface area contributed by atoms with Gasteiger partial charge in [0.15, 0.2) is 5.82 Å². The molecule has 5 nitrogen and oxygen atoms in total. The molecule has 3 heterocycles. The Balaban J connectivity index is 1.07. The van der Waals surface area contributed by atoms with Crippen LogP contribution in [0.4, 0.5) is 5.69 Å². The lowest BCUT2D eigenvalue weighted by molar-refractivity contribution is 0.174. The molecule has 0 radical (unpaired) electrons. The van der Waals surface area contributed by atoms with Gasteiger partial charge in [0.1, 0.15) is 5.82 Å². The third kappa shape index (κ3) is 4.56. The van der Waals surface area contributed by atoms with E-state index in [1.165, 1.54) is 48.4 Å². The number of aryl methyl sites for hydroxylation is 1. The summed E-state index contributed by atoms with van der Waals surface area (Å²) in [5, 5.41) is 8.77. The van der Waals surface area contributed by atoms with Crippen LogP contribution in [0.2, 0.25) is 0 Å². The van der Waals surface area contributed by atoms with Gasteiger partial charge in [-0.1, -0.05) is 72.8 Å². The number of aromatic nitrogens is 3. The van der Waals surface area contributed by atoms with Crippen molar-refractivity contribution >= 4 is 5.69 Å². The molecule has 0 aliphatic carbocycles. The van der Waals surface area contributed by atoms with Crippen molar-refractivity contribution < 1.29 is 0 Å². The van der Waals surface area contributed by atoms with Crippen molar-refractivity contribution in [1.82, 2.24) is 19.7 Å². The molecule has 0 unspecified atom stereocenters. The first-order valence-electron chi connectivity index (χ1n) is 13.4. The van der Waals surface area contributed by atoms with Gasteiger partial charge >= 0.3 is 0 Å². The van der Waals surface area contributed by atoms with Crippen molar-refractivity contribution in [2.75, 3.05) is 31.1 Å². The van der Waals surface area contributed by atoms with Gasteiger partial charge in [-0.05, 0) is 75.0 Å². The largest absolute Gasteiger partial charge is 0.362 e. The van der Waals surface area contributed by atoms with Crippen molar-refractivity contribution in [2.45, 2.75) is 38.6 Å². The number of likely N-dealkylation sites (tertiary alicyclic amines) is 1. The second kappa shape index (κ2) is 10.3. The number of anilines is 1. The van der Waals surface area contributed by atoms with E-state index in [4.69, 9.17) is 0 Å². The summed E-state index contributed by atoms with van der Waals surface area (Å²) in [5.41, 5.74) is 5.40. The molecule has 1 fully saturated rings. The van der Waals surface area contributed by atoms with Crippen molar-refractivity contribution in [1.29, 1.82) is 0 Å². The van der Waals surface area contributed by atoms with Gasteiger partial charge < -0.3 is 9.80 Å². The zero-order valence-corrected chi connectivity index (χ0v) is 21.1.